The fourth-order valence-electron chi connectivity index (χ4n) is 1.34. The van der Waals surface area contributed by atoms with E-state index in [4.69, 9.17) is 9.84 Å². The third-order valence-corrected chi connectivity index (χ3v) is 2.16. The smallest absolute Gasteiger partial charge is 0.328 e. The Morgan fingerprint density at radius 2 is 2.33 bits per heavy atom. The molecule has 1 aromatic heterocycles. The van der Waals surface area contributed by atoms with Gasteiger partial charge in [-0.2, -0.15) is 0 Å². The quantitative estimate of drug-likeness (QED) is 0.528. The Morgan fingerprint density at radius 3 is 2.89 bits per heavy atom. The Labute approximate surface area is 102 Å². The maximum absolute atomic E-state index is 11.6. The van der Waals surface area contributed by atoms with Crippen LogP contribution in [0.1, 0.15) is 0 Å². The molecule has 8 heteroatoms. The highest BCUT2D eigenvalue weighted by molar-refractivity contribution is 5.76. The van der Waals surface area contributed by atoms with Gasteiger partial charge in [0.05, 0.1) is 19.3 Å². The summed E-state index contributed by atoms with van der Waals surface area (Å²) in [5.41, 5.74) is -1.19. The molecule has 100 valence electrons. The van der Waals surface area contributed by atoms with Gasteiger partial charge in [-0.3, -0.25) is 19.1 Å². The van der Waals surface area contributed by atoms with Gasteiger partial charge in [0.25, 0.3) is 5.56 Å². The average molecular weight is 257 g/mol. The number of H-pyrrole nitrogens is 1. The summed E-state index contributed by atoms with van der Waals surface area (Å²) >= 11 is 0. The molecule has 18 heavy (non-hydrogen) atoms. The number of nitrogens with zero attached hydrogens (tertiary/aromatic N) is 1. The van der Waals surface area contributed by atoms with Crippen LogP contribution in [-0.4, -0.2) is 46.9 Å². The van der Waals surface area contributed by atoms with E-state index >= 15 is 0 Å². The van der Waals surface area contributed by atoms with Crippen molar-refractivity contribution < 1.29 is 14.6 Å². The topological polar surface area (TPSA) is 113 Å². The number of hydrogen-bond donors (Lipinski definition) is 3. The maximum atomic E-state index is 11.6. The van der Waals surface area contributed by atoms with Crippen LogP contribution in [0.25, 0.3) is 0 Å². The molecule has 1 amide bonds. The van der Waals surface area contributed by atoms with Crippen molar-refractivity contribution in [1.29, 1.82) is 0 Å². The third-order valence-electron chi connectivity index (χ3n) is 2.16. The Hall–Kier alpha value is -1.93. The van der Waals surface area contributed by atoms with Crippen molar-refractivity contribution in [3.05, 3.63) is 33.1 Å². The molecule has 1 unspecified atom stereocenters. The number of aliphatic hydroxyl groups is 1. The lowest BCUT2D eigenvalue weighted by Gasteiger charge is -2.15. The molecular formula is C10H15N3O5. The van der Waals surface area contributed by atoms with Crippen LogP contribution in [0.15, 0.2) is 21.9 Å². The Bertz CT molecular complexity index is 507. The molecular weight excluding hydrogens is 242 g/mol. The van der Waals surface area contributed by atoms with Crippen molar-refractivity contribution in [2.75, 3.05) is 20.3 Å². The first-order valence-corrected chi connectivity index (χ1v) is 5.25. The van der Waals surface area contributed by atoms with Gasteiger partial charge in [-0.05, 0) is 0 Å². The Kier molecular flexibility index (Phi) is 5.28. The number of nitrogens with one attached hydrogen (secondary N) is 2. The van der Waals surface area contributed by atoms with Gasteiger partial charge in [0.2, 0.25) is 5.91 Å². The minimum atomic E-state index is -0.662. The molecule has 1 aromatic rings. The van der Waals surface area contributed by atoms with Crippen LogP contribution in [0.2, 0.25) is 0 Å². The number of ether oxygens (including phenoxy) is 1. The fraction of sp³-hybridized carbons (Fsp3) is 0.500. The highest BCUT2D eigenvalue weighted by atomic mass is 16.5. The van der Waals surface area contributed by atoms with Crippen LogP contribution in [0.4, 0.5) is 0 Å². The maximum Gasteiger partial charge on any atom is 0.328 e. The number of aliphatic hydroxyl groups excluding tert-OH is 1. The molecule has 0 aliphatic rings. The number of amides is 1. The van der Waals surface area contributed by atoms with Gasteiger partial charge in [-0.25, -0.2) is 4.79 Å². The van der Waals surface area contributed by atoms with E-state index in [9.17, 15) is 14.4 Å². The molecule has 1 heterocycles. The monoisotopic (exact) mass is 257 g/mol. The average Bonchev–Trinajstić information content (AvgIpc) is 2.32. The van der Waals surface area contributed by atoms with Crippen LogP contribution < -0.4 is 16.6 Å². The van der Waals surface area contributed by atoms with Crippen LogP contribution in [-0.2, 0) is 16.1 Å². The predicted molar refractivity (Wildman–Crippen MR) is 62.2 cm³/mol. The lowest BCUT2D eigenvalue weighted by molar-refractivity contribution is -0.123. The van der Waals surface area contributed by atoms with Gasteiger partial charge in [-0.1, -0.05) is 0 Å². The van der Waals surface area contributed by atoms with Gasteiger partial charge in [0.1, 0.15) is 6.54 Å². The van der Waals surface area contributed by atoms with Gasteiger partial charge >= 0.3 is 5.69 Å². The standard InChI is InChI=1S/C10H15N3O5/c1-18-6-7(5-14)11-9(16)4-13-3-2-8(15)12-10(13)17/h2-3,7,14H,4-6H2,1H3,(H,11,16)(H,12,15,17). The highest BCUT2D eigenvalue weighted by Crippen LogP contribution is 1.85. The second-order valence-corrected chi connectivity index (χ2v) is 3.64. The molecule has 0 spiro atoms. The molecule has 0 aliphatic heterocycles. The molecule has 0 radical (unpaired) electrons. The largest absolute Gasteiger partial charge is 0.394 e. The van der Waals surface area contributed by atoms with E-state index < -0.39 is 23.2 Å². The summed E-state index contributed by atoms with van der Waals surface area (Å²) in [5, 5.41) is 11.4. The van der Waals surface area contributed by atoms with Crippen molar-refractivity contribution in [1.82, 2.24) is 14.9 Å². The minimum absolute atomic E-state index is 0.169. The summed E-state index contributed by atoms with van der Waals surface area (Å²) in [6.07, 6.45) is 1.23. The molecule has 3 N–H and O–H groups in total. The number of rotatable bonds is 6. The van der Waals surface area contributed by atoms with E-state index in [0.29, 0.717) is 0 Å². The third kappa shape index (κ3) is 4.15. The van der Waals surface area contributed by atoms with Crippen molar-refractivity contribution in [2.24, 2.45) is 0 Å². The summed E-state index contributed by atoms with van der Waals surface area (Å²) in [4.78, 5) is 35.7. The lowest BCUT2D eigenvalue weighted by atomic mass is 10.3. The van der Waals surface area contributed by atoms with E-state index in [-0.39, 0.29) is 19.8 Å². The first-order valence-electron chi connectivity index (χ1n) is 5.25. The first kappa shape index (κ1) is 14.1. The lowest BCUT2D eigenvalue weighted by Crippen LogP contribution is -2.43. The summed E-state index contributed by atoms with van der Waals surface area (Å²) < 4.78 is 5.85. The zero-order chi connectivity index (χ0) is 13.5. The van der Waals surface area contributed by atoms with Gasteiger partial charge in [0, 0.05) is 19.4 Å². The Morgan fingerprint density at radius 1 is 1.61 bits per heavy atom. The second kappa shape index (κ2) is 6.72. The molecule has 0 aliphatic carbocycles. The number of hydrogen-bond acceptors (Lipinski definition) is 5. The van der Waals surface area contributed by atoms with Crippen molar-refractivity contribution >= 4 is 5.91 Å². The van der Waals surface area contributed by atoms with E-state index in [2.05, 4.69) is 5.32 Å². The van der Waals surface area contributed by atoms with E-state index in [1.165, 1.54) is 13.3 Å². The zero-order valence-electron chi connectivity index (χ0n) is 9.88. The van der Waals surface area contributed by atoms with Crippen LogP contribution in [0, 0.1) is 0 Å². The number of aromatic amines is 1. The van der Waals surface area contributed by atoms with Crippen LogP contribution >= 0.6 is 0 Å². The SMILES string of the molecule is COCC(CO)NC(=O)Cn1ccc(=O)[nH]c1=O. The van der Waals surface area contributed by atoms with E-state index in [1.54, 1.807) is 0 Å². The second-order valence-electron chi connectivity index (χ2n) is 3.64. The summed E-state index contributed by atoms with van der Waals surface area (Å²) in [5.74, 6) is -0.458. The zero-order valence-corrected chi connectivity index (χ0v) is 9.88. The van der Waals surface area contributed by atoms with Crippen molar-refractivity contribution in [3.8, 4) is 0 Å². The predicted octanol–water partition coefficient (Wildman–Crippen LogP) is -2.34. The van der Waals surface area contributed by atoms with Gasteiger partial charge < -0.3 is 15.2 Å². The highest BCUT2D eigenvalue weighted by Gasteiger charge is 2.11. The normalized spacial score (nSPS) is 12.1. The van der Waals surface area contributed by atoms with Crippen LogP contribution in [0.3, 0.4) is 0 Å². The molecule has 1 atom stereocenters. The number of aromatic nitrogens is 2. The van der Waals surface area contributed by atoms with E-state index in [0.717, 1.165) is 10.6 Å². The molecule has 0 saturated heterocycles. The number of carbonyl (C=O) groups excluding carboxylic acids is 1. The summed E-state index contributed by atoms with van der Waals surface area (Å²) in [6, 6.07) is 0.619. The Balaban J connectivity index is 2.64. The molecule has 0 saturated carbocycles. The summed E-state index contributed by atoms with van der Waals surface area (Å²) in [7, 11) is 1.45. The van der Waals surface area contributed by atoms with Crippen molar-refractivity contribution in [3.63, 3.8) is 0 Å². The summed E-state index contributed by atoms with van der Waals surface area (Å²) in [6.45, 7) is -0.335. The molecule has 0 aromatic carbocycles. The number of methoxy groups -OCH3 is 1. The van der Waals surface area contributed by atoms with Crippen LogP contribution in [0.5, 0.6) is 0 Å². The molecule has 0 fully saturated rings. The first-order chi connectivity index (χ1) is 8.56. The van der Waals surface area contributed by atoms with Gasteiger partial charge in [-0.15, -0.1) is 0 Å². The minimum Gasteiger partial charge on any atom is -0.394 e. The molecule has 0 bridgehead atoms. The van der Waals surface area contributed by atoms with Gasteiger partial charge in [0.15, 0.2) is 0 Å². The van der Waals surface area contributed by atoms with Crippen molar-refractivity contribution in [2.45, 2.75) is 12.6 Å². The molecule has 1 rings (SSSR count). The molecule has 8 nitrogen and oxygen atoms in total. The fourth-order valence-corrected chi connectivity index (χ4v) is 1.34. The van der Waals surface area contributed by atoms with E-state index in [1.807, 2.05) is 4.98 Å². The number of carbonyl (C=O) groups is 1.